The molecule has 7 heteroatoms. The normalized spacial score (nSPS) is 13.1. The van der Waals surface area contributed by atoms with Gasteiger partial charge in [-0.05, 0) is 52.9 Å². The molecule has 0 aliphatic rings. The van der Waals surface area contributed by atoms with Gasteiger partial charge in [-0.25, -0.2) is 0 Å². The van der Waals surface area contributed by atoms with E-state index in [4.69, 9.17) is 19.0 Å². The number of aliphatic hydroxyl groups excluding tert-OH is 1. The van der Waals surface area contributed by atoms with Crippen LogP contribution >= 0.6 is 12.4 Å². The molecular weight excluding hydrogens is 490 g/mol. The molecule has 1 atom stereocenters. The standard InChI is InChI=1S/C29H63NO4Si.ClH/c1-6-9-10-11-12-13-14-15-16-17-18-19-20-21-23-28(29(4,5)30)24-22-27-35(32-7-2,33-8-3)34-26-25-31;/h28,31H,6-27,30H2,1-5H3;1H. The van der Waals surface area contributed by atoms with Crippen LogP contribution in [0.2, 0.25) is 6.04 Å². The molecule has 1 unspecified atom stereocenters. The fourth-order valence-electron chi connectivity index (χ4n) is 5.02. The van der Waals surface area contributed by atoms with E-state index in [1.54, 1.807) is 0 Å². The summed E-state index contributed by atoms with van der Waals surface area (Å²) in [6.07, 6.45) is 22.7. The Hall–Kier alpha value is 0.307. The third-order valence-corrected chi connectivity index (χ3v) is 10.2. The Bertz CT molecular complexity index is 445. The van der Waals surface area contributed by atoms with E-state index in [9.17, 15) is 5.11 Å². The summed E-state index contributed by atoms with van der Waals surface area (Å²) in [6, 6.07) is 0.792. The molecular formula is C29H64ClNO4Si. The molecule has 5 nitrogen and oxygen atoms in total. The van der Waals surface area contributed by atoms with Crippen LogP contribution in [0.15, 0.2) is 0 Å². The maximum absolute atomic E-state index is 9.21. The molecule has 0 aliphatic heterocycles. The summed E-state index contributed by atoms with van der Waals surface area (Å²) in [5.74, 6) is 0.493. The van der Waals surface area contributed by atoms with E-state index in [0.29, 0.717) is 19.1 Å². The zero-order valence-corrected chi connectivity index (χ0v) is 26.6. The van der Waals surface area contributed by atoms with Crippen LogP contribution in [-0.2, 0) is 13.3 Å². The summed E-state index contributed by atoms with van der Waals surface area (Å²) in [4.78, 5) is 0. The van der Waals surface area contributed by atoms with Crippen LogP contribution in [0.5, 0.6) is 0 Å². The maximum atomic E-state index is 9.21. The summed E-state index contributed by atoms with van der Waals surface area (Å²) >= 11 is 0. The Labute approximate surface area is 232 Å². The molecule has 0 radical (unpaired) electrons. The highest BCUT2D eigenvalue weighted by molar-refractivity contribution is 6.60. The van der Waals surface area contributed by atoms with Crippen molar-refractivity contribution >= 4 is 21.2 Å². The van der Waals surface area contributed by atoms with Gasteiger partial charge in [-0.15, -0.1) is 12.4 Å². The van der Waals surface area contributed by atoms with Crippen LogP contribution < -0.4 is 5.73 Å². The van der Waals surface area contributed by atoms with Crippen molar-refractivity contribution in [3.8, 4) is 0 Å². The van der Waals surface area contributed by atoms with Crippen molar-refractivity contribution in [3.05, 3.63) is 0 Å². The molecule has 0 saturated heterocycles. The number of hydrogen-bond donors (Lipinski definition) is 2. The van der Waals surface area contributed by atoms with Gasteiger partial charge in [0, 0.05) is 24.8 Å². The van der Waals surface area contributed by atoms with Crippen LogP contribution in [-0.4, -0.2) is 45.9 Å². The third-order valence-electron chi connectivity index (χ3n) is 7.14. The number of nitrogens with two attached hydrogens (primary N) is 1. The quantitative estimate of drug-likeness (QED) is 0.0788. The molecule has 3 N–H and O–H groups in total. The monoisotopic (exact) mass is 553 g/mol. The highest BCUT2D eigenvalue weighted by Gasteiger charge is 2.40. The lowest BCUT2D eigenvalue weighted by Gasteiger charge is -2.33. The number of hydrogen-bond acceptors (Lipinski definition) is 5. The van der Waals surface area contributed by atoms with Gasteiger partial charge in [-0.2, -0.15) is 0 Å². The first-order chi connectivity index (χ1) is 16.8. The van der Waals surface area contributed by atoms with E-state index in [1.807, 2.05) is 13.8 Å². The first kappa shape index (κ1) is 38.5. The van der Waals surface area contributed by atoms with Crippen LogP contribution in [0.3, 0.4) is 0 Å². The molecule has 0 saturated carbocycles. The Morgan fingerprint density at radius 2 is 1.08 bits per heavy atom. The van der Waals surface area contributed by atoms with Gasteiger partial charge in [0.15, 0.2) is 0 Å². The Morgan fingerprint density at radius 3 is 1.47 bits per heavy atom. The molecule has 0 spiro atoms. The van der Waals surface area contributed by atoms with Crippen LogP contribution in [0.1, 0.15) is 144 Å². The molecule has 220 valence electrons. The second kappa shape index (κ2) is 25.6. The van der Waals surface area contributed by atoms with Crippen LogP contribution in [0, 0.1) is 5.92 Å². The maximum Gasteiger partial charge on any atom is 0.501 e. The van der Waals surface area contributed by atoms with Crippen LogP contribution in [0.4, 0.5) is 0 Å². The van der Waals surface area contributed by atoms with E-state index in [2.05, 4.69) is 20.8 Å². The minimum absolute atomic E-state index is 0. The summed E-state index contributed by atoms with van der Waals surface area (Å²) in [5.41, 5.74) is 6.39. The van der Waals surface area contributed by atoms with Crippen molar-refractivity contribution < 1.29 is 18.4 Å². The topological polar surface area (TPSA) is 73.9 Å². The number of unbranched alkanes of at least 4 members (excludes halogenated alkanes) is 13. The fraction of sp³-hybridized carbons (Fsp3) is 1.00. The van der Waals surface area contributed by atoms with Crippen molar-refractivity contribution in [1.82, 2.24) is 0 Å². The third kappa shape index (κ3) is 21.3. The van der Waals surface area contributed by atoms with Crippen molar-refractivity contribution in [2.75, 3.05) is 26.4 Å². The molecule has 0 amide bonds. The minimum Gasteiger partial charge on any atom is -0.394 e. The molecule has 36 heavy (non-hydrogen) atoms. The zero-order chi connectivity index (χ0) is 26.3. The molecule has 0 heterocycles. The summed E-state index contributed by atoms with van der Waals surface area (Å²) in [7, 11) is -2.72. The predicted octanol–water partition coefficient (Wildman–Crippen LogP) is 8.43. The van der Waals surface area contributed by atoms with Gasteiger partial charge in [0.1, 0.15) is 0 Å². The van der Waals surface area contributed by atoms with Crippen molar-refractivity contribution in [2.45, 2.75) is 155 Å². The number of halogens is 1. The number of aliphatic hydroxyl groups is 1. The smallest absolute Gasteiger partial charge is 0.394 e. The molecule has 0 aromatic rings. The second-order valence-corrected chi connectivity index (χ2v) is 13.6. The van der Waals surface area contributed by atoms with Crippen molar-refractivity contribution in [2.24, 2.45) is 11.7 Å². The van der Waals surface area contributed by atoms with E-state index in [1.165, 1.54) is 96.3 Å². The average molecular weight is 554 g/mol. The lowest BCUT2D eigenvalue weighted by molar-refractivity contribution is 0.0523. The van der Waals surface area contributed by atoms with Crippen molar-refractivity contribution in [1.29, 1.82) is 0 Å². The molecule has 0 aromatic heterocycles. The predicted molar refractivity (Wildman–Crippen MR) is 160 cm³/mol. The zero-order valence-electron chi connectivity index (χ0n) is 24.8. The Morgan fingerprint density at radius 1 is 0.667 bits per heavy atom. The molecule has 0 fully saturated rings. The van der Waals surface area contributed by atoms with Crippen LogP contribution in [0.25, 0.3) is 0 Å². The highest BCUT2D eigenvalue weighted by atomic mass is 35.5. The van der Waals surface area contributed by atoms with Gasteiger partial charge in [0.2, 0.25) is 0 Å². The van der Waals surface area contributed by atoms with Gasteiger partial charge in [0.05, 0.1) is 13.2 Å². The SMILES string of the molecule is CCCCCCCCCCCCCCCCC(CCC[Si](OCC)(OCC)OCCO)C(C)(C)N.Cl. The minimum atomic E-state index is -2.72. The molecule has 0 aliphatic carbocycles. The average Bonchev–Trinajstić information content (AvgIpc) is 2.81. The van der Waals surface area contributed by atoms with Gasteiger partial charge >= 0.3 is 8.80 Å². The van der Waals surface area contributed by atoms with Crippen molar-refractivity contribution in [3.63, 3.8) is 0 Å². The van der Waals surface area contributed by atoms with Gasteiger partial charge in [0.25, 0.3) is 0 Å². The second-order valence-electron chi connectivity index (χ2n) is 10.9. The summed E-state index contributed by atoms with van der Waals surface area (Å²) < 4.78 is 17.9. The lowest BCUT2D eigenvalue weighted by atomic mass is 9.81. The largest absolute Gasteiger partial charge is 0.501 e. The van der Waals surface area contributed by atoms with E-state index in [0.717, 1.165) is 18.9 Å². The summed E-state index contributed by atoms with van der Waals surface area (Å²) in [5, 5.41) is 9.21. The van der Waals surface area contributed by atoms with Gasteiger partial charge in [-0.1, -0.05) is 96.8 Å². The van der Waals surface area contributed by atoms with Gasteiger partial charge in [-0.3, -0.25) is 0 Å². The first-order valence-electron chi connectivity index (χ1n) is 15.2. The Kier molecular flexibility index (Phi) is 27.3. The van der Waals surface area contributed by atoms with E-state index >= 15 is 0 Å². The lowest BCUT2D eigenvalue weighted by Crippen LogP contribution is -2.47. The number of rotatable bonds is 27. The van der Waals surface area contributed by atoms with E-state index < -0.39 is 8.80 Å². The molecule has 0 rings (SSSR count). The highest BCUT2D eigenvalue weighted by Crippen LogP contribution is 2.29. The van der Waals surface area contributed by atoms with Gasteiger partial charge < -0.3 is 24.1 Å². The molecule has 0 aromatic carbocycles. The molecule has 0 bridgehead atoms. The van der Waals surface area contributed by atoms with E-state index in [-0.39, 0.29) is 31.2 Å². The fourth-order valence-corrected chi connectivity index (χ4v) is 7.62. The summed E-state index contributed by atoms with van der Waals surface area (Å²) in [6.45, 7) is 12.0. The Balaban J connectivity index is 0. The first-order valence-corrected chi connectivity index (χ1v) is 17.1.